The molecular formula is C13H14N4O3. The van der Waals surface area contributed by atoms with Crippen molar-refractivity contribution in [3.05, 3.63) is 56.7 Å². The molecule has 1 aromatic heterocycles. The number of nitrogens with one attached hydrogen (secondary N) is 3. The molecule has 2 aromatic rings. The summed E-state index contributed by atoms with van der Waals surface area (Å²) >= 11 is 0. The lowest BCUT2D eigenvalue weighted by Gasteiger charge is -2.14. The molecule has 0 aliphatic rings. The van der Waals surface area contributed by atoms with Gasteiger partial charge in [0, 0.05) is 7.05 Å². The Bertz CT molecular complexity index is 719. The summed E-state index contributed by atoms with van der Waals surface area (Å²) in [6, 6.07) is 9.32. The van der Waals surface area contributed by atoms with Gasteiger partial charge in [0.1, 0.15) is 11.5 Å². The van der Waals surface area contributed by atoms with Crippen molar-refractivity contribution in [2.75, 3.05) is 17.7 Å². The van der Waals surface area contributed by atoms with E-state index < -0.39 is 11.2 Å². The first-order valence-corrected chi connectivity index (χ1v) is 5.96. The zero-order valence-electron chi connectivity index (χ0n) is 10.8. The van der Waals surface area contributed by atoms with Crippen LogP contribution in [0.1, 0.15) is 5.56 Å². The zero-order valence-corrected chi connectivity index (χ0v) is 10.8. The Hall–Kier alpha value is -2.83. The van der Waals surface area contributed by atoms with Crippen LogP contribution < -0.4 is 21.9 Å². The molecule has 104 valence electrons. The van der Waals surface area contributed by atoms with Gasteiger partial charge in [-0.1, -0.05) is 30.3 Å². The van der Waals surface area contributed by atoms with Crippen molar-refractivity contribution in [2.45, 2.75) is 6.54 Å². The number of rotatable bonds is 5. The number of carbonyl (C=O) groups excluding carboxylic acids is 1. The predicted octanol–water partition coefficient (Wildman–Crippen LogP) is 0.195. The van der Waals surface area contributed by atoms with E-state index in [1.165, 1.54) is 4.57 Å². The zero-order chi connectivity index (χ0) is 14.5. The Labute approximate surface area is 114 Å². The van der Waals surface area contributed by atoms with Crippen molar-refractivity contribution < 1.29 is 4.79 Å². The summed E-state index contributed by atoms with van der Waals surface area (Å²) in [4.78, 5) is 36.4. The van der Waals surface area contributed by atoms with Crippen LogP contribution in [0.25, 0.3) is 0 Å². The average Bonchev–Trinajstić information content (AvgIpc) is 2.45. The Kier molecular flexibility index (Phi) is 3.99. The molecule has 0 spiro atoms. The Balaban J connectivity index is 2.57. The molecule has 0 aliphatic heterocycles. The molecule has 0 saturated carbocycles. The van der Waals surface area contributed by atoms with Crippen molar-refractivity contribution in [3.8, 4) is 0 Å². The number of benzene rings is 1. The molecule has 0 atom stereocenters. The molecule has 2 rings (SSSR count). The van der Waals surface area contributed by atoms with Crippen molar-refractivity contribution >= 4 is 17.9 Å². The van der Waals surface area contributed by atoms with Crippen LogP contribution in [0.15, 0.2) is 39.9 Å². The molecule has 3 N–H and O–H groups in total. The predicted molar refractivity (Wildman–Crippen MR) is 76.1 cm³/mol. The maximum absolute atomic E-state index is 11.9. The molecule has 1 aromatic carbocycles. The fourth-order valence-corrected chi connectivity index (χ4v) is 1.94. The minimum Gasteiger partial charge on any atom is -0.373 e. The maximum Gasteiger partial charge on any atom is 0.330 e. The third-order valence-electron chi connectivity index (χ3n) is 2.82. The van der Waals surface area contributed by atoms with Gasteiger partial charge >= 0.3 is 5.69 Å². The standard InChI is InChI=1S/C13H14N4O3/c1-14-11-10(15-8-18)12(19)16-13(20)17(11)7-9-5-3-2-4-6-9/h2-6,8,14H,7H2,1H3,(H,15,18)(H,16,19,20). The largest absolute Gasteiger partial charge is 0.373 e. The highest BCUT2D eigenvalue weighted by atomic mass is 16.2. The molecule has 7 heteroatoms. The van der Waals surface area contributed by atoms with Crippen molar-refractivity contribution in [1.29, 1.82) is 0 Å². The topological polar surface area (TPSA) is 96.0 Å². The second kappa shape index (κ2) is 5.87. The van der Waals surface area contributed by atoms with Crippen LogP contribution >= 0.6 is 0 Å². The van der Waals surface area contributed by atoms with Gasteiger partial charge in [0.2, 0.25) is 6.41 Å². The molecule has 0 radical (unpaired) electrons. The number of hydrogen-bond donors (Lipinski definition) is 3. The van der Waals surface area contributed by atoms with E-state index in [9.17, 15) is 14.4 Å². The van der Waals surface area contributed by atoms with E-state index in [2.05, 4.69) is 15.6 Å². The van der Waals surface area contributed by atoms with Gasteiger partial charge in [-0.25, -0.2) is 4.79 Å². The Morgan fingerprint density at radius 2 is 1.95 bits per heavy atom. The van der Waals surface area contributed by atoms with Crippen molar-refractivity contribution in [1.82, 2.24) is 9.55 Å². The third kappa shape index (κ3) is 2.61. The lowest BCUT2D eigenvalue weighted by atomic mass is 10.2. The molecule has 20 heavy (non-hydrogen) atoms. The van der Waals surface area contributed by atoms with Crippen LogP contribution in [0.4, 0.5) is 11.5 Å². The second-order valence-electron chi connectivity index (χ2n) is 4.07. The summed E-state index contributed by atoms with van der Waals surface area (Å²) in [5.74, 6) is 0.259. The van der Waals surface area contributed by atoms with Gasteiger partial charge in [-0.15, -0.1) is 0 Å². The molecule has 1 amide bonds. The van der Waals surface area contributed by atoms with Gasteiger partial charge in [-0.05, 0) is 5.56 Å². The fraction of sp³-hybridized carbons (Fsp3) is 0.154. The number of nitrogens with zero attached hydrogens (tertiary/aromatic N) is 1. The smallest absolute Gasteiger partial charge is 0.330 e. The summed E-state index contributed by atoms with van der Waals surface area (Å²) in [6.07, 6.45) is 0.392. The van der Waals surface area contributed by atoms with Crippen molar-refractivity contribution in [2.24, 2.45) is 0 Å². The van der Waals surface area contributed by atoms with E-state index >= 15 is 0 Å². The van der Waals surface area contributed by atoms with E-state index in [0.29, 0.717) is 6.41 Å². The Morgan fingerprint density at radius 1 is 1.25 bits per heavy atom. The fourth-order valence-electron chi connectivity index (χ4n) is 1.94. The third-order valence-corrected chi connectivity index (χ3v) is 2.82. The monoisotopic (exact) mass is 274 g/mol. The van der Waals surface area contributed by atoms with Crippen LogP contribution in [-0.4, -0.2) is 23.0 Å². The lowest BCUT2D eigenvalue weighted by Crippen LogP contribution is -2.34. The number of hydrogen-bond acceptors (Lipinski definition) is 4. The summed E-state index contributed by atoms with van der Waals surface area (Å²) < 4.78 is 1.35. The summed E-state index contributed by atoms with van der Waals surface area (Å²) in [5.41, 5.74) is -0.274. The van der Waals surface area contributed by atoms with Crippen LogP contribution in [0.2, 0.25) is 0 Å². The van der Waals surface area contributed by atoms with Crippen molar-refractivity contribution in [3.63, 3.8) is 0 Å². The van der Waals surface area contributed by atoms with Crippen LogP contribution in [0.3, 0.4) is 0 Å². The first-order valence-electron chi connectivity index (χ1n) is 5.96. The van der Waals surface area contributed by atoms with E-state index in [0.717, 1.165) is 5.56 Å². The number of H-pyrrole nitrogens is 1. The normalized spacial score (nSPS) is 10.1. The number of carbonyl (C=O) groups is 1. The molecule has 0 bridgehead atoms. The molecule has 7 nitrogen and oxygen atoms in total. The van der Waals surface area contributed by atoms with Crippen LogP contribution in [0.5, 0.6) is 0 Å². The molecular weight excluding hydrogens is 260 g/mol. The summed E-state index contributed by atoms with van der Waals surface area (Å²) in [6.45, 7) is 0.278. The molecule has 0 fully saturated rings. The SMILES string of the molecule is CNc1c(NC=O)c(=O)[nH]c(=O)n1Cc1ccccc1. The molecule has 1 heterocycles. The molecule has 0 saturated heterocycles. The highest BCUT2D eigenvalue weighted by Gasteiger charge is 2.13. The molecule has 0 unspecified atom stereocenters. The highest BCUT2D eigenvalue weighted by molar-refractivity contribution is 5.78. The number of amides is 1. The Morgan fingerprint density at radius 3 is 2.55 bits per heavy atom. The summed E-state index contributed by atoms with van der Waals surface area (Å²) in [5, 5.41) is 5.07. The van der Waals surface area contributed by atoms with E-state index in [-0.39, 0.29) is 18.1 Å². The number of aromatic amines is 1. The van der Waals surface area contributed by atoms with E-state index in [4.69, 9.17) is 0 Å². The van der Waals surface area contributed by atoms with Gasteiger partial charge < -0.3 is 10.6 Å². The molecule has 0 aliphatic carbocycles. The van der Waals surface area contributed by atoms with Gasteiger partial charge in [-0.3, -0.25) is 19.1 Å². The van der Waals surface area contributed by atoms with Gasteiger partial charge in [0.25, 0.3) is 5.56 Å². The van der Waals surface area contributed by atoms with E-state index in [1.54, 1.807) is 7.05 Å². The number of anilines is 2. The van der Waals surface area contributed by atoms with Crippen LogP contribution in [0, 0.1) is 0 Å². The minimum absolute atomic E-state index is 0.0121. The maximum atomic E-state index is 11.9. The average molecular weight is 274 g/mol. The van der Waals surface area contributed by atoms with Gasteiger partial charge in [0.05, 0.1) is 6.54 Å². The highest BCUT2D eigenvalue weighted by Crippen LogP contribution is 2.14. The summed E-state index contributed by atoms with van der Waals surface area (Å²) in [7, 11) is 1.58. The first kappa shape index (κ1) is 13.6. The second-order valence-corrected chi connectivity index (χ2v) is 4.07. The number of aromatic nitrogens is 2. The van der Waals surface area contributed by atoms with Crippen LogP contribution in [-0.2, 0) is 11.3 Å². The van der Waals surface area contributed by atoms with Gasteiger partial charge in [0.15, 0.2) is 0 Å². The quantitative estimate of drug-likeness (QED) is 0.678. The lowest BCUT2D eigenvalue weighted by molar-refractivity contribution is -0.105. The first-order chi connectivity index (χ1) is 9.67. The van der Waals surface area contributed by atoms with E-state index in [1.807, 2.05) is 30.3 Å². The minimum atomic E-state index is -0.643. The van der Waals surface area contributed by atoms with Gasteiger partial charge in [-0.2, -0.15) is 0 Å².